The van der Waals surface area contributed by atoms with Crippen LogP contribution in [0.25, 0.3) is 0 Å². The molecule has 1 aliphatic carbocycles. The number of aryl methyl sites for hydroxylation is 1. The lowest BCUT2D eigenvalue weighted by molar-refractivity contribution is 0.0697. The number of hydrogen-bond acceptors (Lipinski definition) is 4. The third-order valence-corrected chi connectivity index (χ3v) is 3.74. The lowest BCUT2D eigenvalue weighted by Gasteiger charge is -2.03. The van der Waals surface area contributed by atoms with Gasteiger partial charge in [-0.1, -0.05) is 0 Å². The number of carbonyl (C=O) groups excluding carboxylic acids is 1. The van der Waals surface area contributed by atoms with Crippen molar-refractivity contribution >= 4 is 28.4 Å². The van der Waals surface area contributed by atoms with Gasteiger partial charge < -0.3 is 9.84 Å². The topological polar surface area (TPSA) is 75.6 Å². The summed E-state index contributed by atoms with van der Waals surface area (Å²) in [7, 11) is 1.25. The van der Waals surface area contributed by atoms with Gasteiger partial charge in [-0.3, -0.25) is 5.32 Å². The highest BCUT2D eigenvalue weighted by Crippen LogP contribution is 2.39. The van der Waals surface area contributed by atoms with Crippen LogP contribution >= 0.6 is 11.3 Å². The molecule has 0 radical (unpaired) electrons. The van der Waals surface area contributed by atoms with Crippen molar-refractivity contribution in [2.75, 3.05) is 12.4 Å². The molecule has 2 N–H and O–H groups in total. The highest BCUT2D eigenvalue weighted by molar-refractivity contribution is 7.17. The molecule has 0 fully saturated rings. The quantitative estimate of drug-likeness (QED) is 0.831. The summed E-state index contributed by atoms with van der Waals surface area (Å²) in [6.45, 7) is 0. The molecule has 6 heteroatoms. The Labute approximate surface area is 96.0 Å². The third-order valence-electron chi connectivity index (χ3n) is 2.54. The fourth-order valence-electron chi connectivity index (χ4n) is 1.86. The van der Waals surface area contributed by atoms with E-state index in [4.69, 9.17) is 5.11 Å². The van der Waals surface area contributed by atoms with Crippen LogP contribution in [0.1, 0.15) is 27.2 Å². The van der Waals surface area contributed by atoms with Gasteiger partial charge in [0.15, 0.2) is 0 Å². The van der Waals surface area contributed by atoms with Crippen molar-refractivity contribution in [1.82, 2.24) is 0 Å². The smallest absolute Gasteiger partial charge is 0.411 e. The van der Waals surface area contributed by atoms with Gasteiger partial charge in [-0.05, 0) is 24.8 Å². The number of nitrogens with one attached hydrogen (secondary N) is 1. The largest absolute Gasteiger partial charge is 0.478 e. The fraction of sp³-hybridized carbons (Fsp3) is 0.400. The molecule has 1 aromatic heterocycles. The standard InChI is InChI=1S/C10H11NO4S/c1-15-10(14)11-8-7(9(12)13)5-3-2-4-6(5)16-8/h2-4H2,1H3,(H,11,14)(H,12,13). The summed E-state index contributed by atoms with van der Waals surface area (Å²) in [5, 5.41) is 11.9. The van der Waals surface area contributed by atoms with Crippen LogP contribution in [-0.4, -0.2) is 24.3 Å². The third kappa shape index (κ3) is 1.76. The van der Waals surface area contributed by atoms with Crippen molar-refractivity contribution in [2.24, 2.45) is 0 Å². The molecule has 16 heavy (non-hydrogen) atoms. The molecule has 0 saturated heterocycles. The number of rotatable bonds is 2. The van der Waals surface area contributed by atoms with E-state index in [9.17, 15) is 9.59 Å². The maximum Gasteiger partial charge on any atom is 0.411 e. The van der Waals surface area contributed by atoms with E-state index in [0.29, 0.717) is 5.00 Å². The van der Waals surface area contributed by atoms with Crippen LogP contribution in [0.3, 0.4) is 0 Å². The number of carboxylic acids is 1. The number of carbonyl (C=O) groups is 2. The average molecular weight is 241 g/mol. The molecule has 0 unspecified atom stereocenters. The minimum Gasteiger partial charge on any atom is -0.478 e. The summed E-state index contributed by atoms with van der Waals surface area (Å²) in [5.74, 6) is -0.995. The van der Waals surface area contributed by atoms with E-state index in [0.717, 1.165) is 29.7 Å². The normalized spacial score (nSPS) is 13.3. The van der Waals surface area contributed by atoms with Crippen molar-refractivity contribution < 1.29 is 19.4 Å². The van der Waals surface area contributed by atoms with Crippen LogP contribution in [-0.2, 0) is 17.6 Å². The number of anilines is 1. The number of fused-ring (bicyclic) bond motifs is 1. The zero-order chi connectivity index (χ0) is 11.7. The Kier molecular flexibility index (Phi) is 2.82. The Hall–Kier alpha value is -1.56. The minimum atomic E-state index is -0.995. The highest BCUT2D eigenvalue weighted by atomic mass is 32.1. The fourth-order valence-corrected chi connectivity index (χ4v) is 3.13. The van der Waals surface area contributed by atoms with Gasteiger partial charge in [-0.15, -0.1) is 11.3 Å². The Morgan fingerprint density at radius 1 is 1.44 bits per heavy atom. The summed E-state index contributed by atoms with van der Waals surface area (Å²) in [6.07, 6.45) is 2.02. The lowest BCUT2D eigenvalue weighted by Crippen LogP contribution is -2.13. The molecule has 2 rings (SSSR count). The van der Waals surface area contributed by atoms with Gasteiger partial charge in [-0.25, -0.2) is 9.59 Å². The minimum absolute atomic E-state index is 0.225. The molecule has 0 aromatic carbocycles. The van der Waals surface area contributed by atoms with Crippen molar-refractivity contribution in [1.29, 1.82) is 0 Å². The van der Waals surface area contributed by atoms with Gasteiger partial charge in [0, 0.05) is 4.88 Å². The van der Waals surface area contributed by atoms with E-state index in [2.05, 4.69) is 10.1 Å². The molecule has 0 aliphatic heterocycles. The van der Waals surface area contributed by atoms with Gasteiger partial charge in [0.1, 0.15) is 5.00 Å². The summed E-state index contributed by atoms with van der Waals surface area (Å²) in [5.41, 5.74) is 1.09. The number of ether oxygens (including phenoxy) is 1. The Morgan fingerprint density at radius 2 is 2.19 bits per heavy atom. The SMILES string of the molecule is COC(=O)Nc1sc2c(c1C(=O)O)CCC2. The first kappa shape index (κ1) is 10.9. The maximum atomic E-state index is 11.1. The van der Waals surface area contributed by atoms with E-state index in [1.54, 1.807) is 0 Å². The highest BCUT2D eigenvalue weighted by Gasteiger charge is 2.27. The monoisotopic (exact) mass is 241 g/mol. The van der Waals surface area contributed by atoms with Gasteiger partial charge in [-0.2, -0.15) is 0 Å². The van der Waals surface area contributed by atoms with E-state index < -0.39 is 12.1 Å². The van der Waals surface area contributed by atoms with Crippen LogP contribution in [0.5, 0.6) is 0 Å². The summed E-state index contributed by atoms with van der Waals surface area (Å²) in [4.78, 5) is 23.2. The summed E-state index contributed by atoms with van der Waals surface area (Å²) in [6, 6.07) is 0. The first-order valence-corrected chi connectivity index (χ1v) is 5.68. The van der Waals surface area contributed by atoms with Crippen molar-refractivity contribution in [3.05, 3.63) is 16.0 Å². The molecule has 5 nitrogen and oxygen atoms in total. The molecular formula is C10H11NO4S. The number of amides is 1. The first-order valence-electron chi connectivity index (χ1n) is 4.86. The van der Waals surface area contributed by atoms with Gasteiger partial charge in [0.2, 0.25) is 0 Å². The number of hydrogen-bond donors (Lipinski definition) is 2. The van der Waals surface area contributed by atoms with Gasteiger partial charge in [0.25, 0.3) is 0 Å². The second-order valence-electron chi connectivity index (χ2n) is 3.48. The number of aromatic carboxylic acids is 1. The zero-order valence-corrected chi connectivity index (χ0v) is 9.52. The van der Waals surface area contributed by atoms with Gasteiger partial charge in [0.05, 0.1) is 12.7 Å². The summed E-state index contributed by atoms with van der Waals surface area (Å²) < 4.78 is 4.45. The molecule has 0 spiro atoms. The average Bonchev–Trinajstić information content (AvgIpc) is 2.76. The second-order valence-corrected chi connectivity index (χ2v) is 4.59. The molecule has 0 atom stereocenters. The zero-order valence-electron chi connectivity index (χ0n) is 8.70. The van der Waals surface area contributed by atoms with Crippen LogP contribution in [0.4, 0.5) is 9.80 Å². The van der Waals surface area contributed by atoms with E-state index in [-0.39, 0.29) is 5.56 Å². The van der Waals surface area contributed by atoms with Crippen molar-refractivity contribution in [3.8, 4) is 0 Å². The Morgan fingerprint density at radius 3 is 2.81 bits per heavy atom. The predicted octanol–water partition coefficient (Wildman–Crippen LogP) is 2.11. The predicted molar refractivity (Wildman–Crippen MR) is 59.3 cm³/mol. The van der Waals surface area contributed by atoms with Crippen molar-refractivity contribution in [3.63, 3.8) is 0 Å². The summed E-state index contributed by atoms with van der Waals surface area (Å²) >= 11 is 1.33. The number of methoxy groups -OCH3 is 1. The Bertz CT molecular complexity index is 452. The number of thiophene rings is 1. The molecule has 1 aliphatic rings. The van der Waals surface area contributed by atoms with E-state index in [1.165, 1.54) is 18.4 Å². The molecule has 0 saturated carbocycles. The van der Waals surface area contributed by atoms with Gasteiger partial charge >= 0.3 is 12.1 Å². The van der Waals surface area contributed by atoms with E-state index >= 15 is 0 Å². The molecular weight excluding hydrogens is 230 g/mol. The lowest BCUT2D eigenvalue weighted by atomic mass is 10.1. The maximum absolute atomic E-state index is 11.1. The first-order chi connectivity index (χ1) is 7.63. The van der Waals surface area contributed by atoms with E-state index in [1.807, 2.05) is 0 Å². The van der Waals surface area contributed by atoms with Crippen LogP contribution in [0.15, 0.2) is 0 Å². The van der Waals surface area contributed by atoms with Crippen LogP contribution in [0.2, 0.25) is 0 Å². The molecule has 1 aromatic rings. The Balaban J connectivity index is 2.38. The van der Waals surface area contributed by atoms with Crippen LogP contribution < -0.4 is 5.32 Å². The number of carboxylic acid groups (broad SMARTS) is 1. The van der Waals surface area contributed by atoms with Crippen LogP contribution in [0, 0.1) is 0 Å². The molecule has 0 bridgehead atoms. The van der Waals surface area contributed by atoms with Crippen molar-refractivity contribution in [2.45, 2.75) is 19.3 Å². The molecule has 1 amide bonds. The molecule has 1 heterocycles. The molecule has 86 valence electrons. The second kappa shape index (κ2) is 4.13.